The predicted molar refractivity (Wildman–Crippen MR) is 185 cm³/mol. The number of fused-ring (bicyclic) bond motifs is 1. The van der Waals surface area contributed by atoms with Gasteiger partial charge < -0.3 is 19.9 Å². The number of piperidine rings is 1. The highest BCUT2D eigenvalue weighted by molar-refractivity contribution is 7.99. The monoisotopic (exact) mass is 711 g/mol. The minimum Gasteiger partial charge on any atom is -0.380 e. The molecule has 0 saturated carbocycles. The van der Waals surface area contributed by atoms with E-state index in [1.54, 1.807) is 30.1 Å². The van der Waals surface area contributed by atoms with Crippen molar-refractivity contribution in [3.63, 3.8) is 0 Å². The van der Waals surface area contributed by atoms with Gasteiger partial charge in [-0.2, -0.15) is 0 Å². The molecule has 3 N–H and O–H groups in total. The first-order chi connectivity index (χ1) is 24.6. The molecule has 0 spiro atoms. The number of amides is 6. The van der Waals surface area contributed by atoms with Crippen LogP contribution < -0.4 is 10.6 Å². The lowest BCUT2D eigenvalue weighted by Gasteiger charge is -2.27. The number of benzene rings is 3. The van der Waals surface area contributed by atoms with Crippen LogP contribution in [0.15, 0.2) is 59.5 Å². The molecule has 51 heavy (non-hydrogen) atoms. The zero-order valence-electron chi connectivity index (χ0n) is 27.7. The zero-order chi connectivity index (χ0) is 35.8. The van der Waals surface area contributed by atoms with E-state index < -0.39 is 35.5 Å². The molecule has 3 aliphatic heterocycles. The summed E-state index contributed by atoms with van der Waals surface area (Å²) >= 11 is 1.35. The maximum absolute atomic E-state index is 14.3. The summed E-state index contributed by atoms with van der Waals surface area (Å²) in [7, 11) is 1.73. The van der Waals surface area contributed by atoms with Gasteiger partial charge in [-0.05, 0) is 53.8 Å². The van der Waals surface area contributed by atoms with Crippen molar-refractivity contribution in [1.82, 2.24) is 25.4 Å². The highest BCUT2D eigenvalue weighted by Crippen LogP contribution is 2.36. The zero-order valence-corrected chi connectivity index (χ0v) is 28.5. The molecule has 1 unspecified atom stereocenters. The Morgan fingerprint density at radius 1 is 1.00 bits per heavy atom. The van der Waals surface area contributed by atoms with Crippen molar-refractivity contribution in [1.29, 1.82) is 0 Å². The minimum atomic E-state index is -1.03. The standard InChI is InChI=1S/C37H34FN5O7S/c1-42(19-20-5-7-21(8-6-20)33-23-11-13-39-34(46)25-17-22(38)18-26(40-33)31(23)25)30(45)12-14-50-15-16-51-28-4-2-3-24-32(28)37(49)43(36(24)48)27-9-10-29(44)41-35(27)47/h2-8,17-18,27,40H,9-16,19H2,1H3,(H,39,46)(H,41,44,47). The molecular formula is C37H34FN5O7S. The number of hydrogen-bond donors (Lipinski definition) is 3. The van der Waals surface area contributed by atoms with E-state index >= 15 is 0 Å². The molecule has 1 saturated heterocycles. The van der Waals surface area contributed by atoms with Gasteiger partial charge in [0.25, 0.3) is 17.7 Å². The summed E-state index contributed by atoms with van der Waals surface area (Å²) in [6, 6.07) is 14.4. The highest BCUT2D eigenvalue weighted by Gasteiger charge is 2.45. The van der Waals surface area contributed by atoms with Crippen molar-refractivity contribution in [2.45, 2.75) is 43.2 Å². The van der Waals surface area contributed by atoms with Crippen LogP contribution in [0, 0.1) is 5.82 Å². The van der Waals surface area contributed by atoms with Crippen LogP contribution >= 0.6 is 11.8 Å². The number of halogens is 1. The van der Waals surface area contributed by atoms with E-state index in [2.05, 4.69) is 15.6 Å². The normalized spacial score (nSPS) is 17.0. The third kappa shape index (κ3) is 6.64. The summed E-state index contributed by atoms with van der Waals surface area (Å²) in [5.74, 6) is -2.58. The Morgan fingerprint density at radius 2 is 1.80 bits per heavy atom. The molecule has 0 bridgehead atoms. The molecule has 6 amide bonds. The van der Waals surface area contributed by atoms with Gasteiger partial charge in [0, 0.05) is 53.8 Å². The third-order valence-corrected chi connectivity index (χ3v) is 10.4. The van der Waals surface area contributed by atoms with Crippen LogP contribution in [0.25, 0.3) is 22.2 Å². The number of rotatable bonds is 11. The van der Waals surface area contributed by atoms with Gasteiger partial charge in [0.2, 0.25) is 17.7 Å². The van der Waals surface area contributed by atoms with E-state index in [1.807, 2.05) is 24.3 Å². The number of thioether (sulfide) groups is 1. The van der Waals surface area contributed by atoms with Gasteiger partial charge in [-0.25, -0.2) is 4.39 Å². The quantitative estimate of drug-likeness (QED) is 0.120. The van der Waals surface area contributed by atoms with Crippen molar-refractivity contribution in [2.75, 3.05) is 32.6 Å². The van der Waals surface area contributed by atoms with E-state index in [0.29, 0.717) is 47.8 Å². The smallest absolute Gasteiger partial charge is 0.263 e. The van der Waals surface area contributed by atoms with Gasteiger partial charge >= 0.3 is 0 Å². The van der Waals surface area contributed by atoms with Crippen molar-refractivity contribution in [2.24, 2.45) is 0 Å². The fourth-order valence-corrected chi connectivity index (χ4v) is 7.78. The Bertz CT molecular complexity index is 2110. The summed E-state index contributed by atoms with van der Waals surface area (Å²) < 4.78 is 20.0. The molecule has 14 heteroatoms. The minimum absolute atomic E-state index is 0.0523. The number of nitrogens with zero attached hydrogens (tertiary/aromatic N) is 2. The van der Waals surface area contributed by atoms with Crippen molar-refractivity contribution >= 4 is 58.1 Å². The lowest BCUT2D eigenvalue weighted by Crippen LogP contribution is -2.54. The molecule has 262 valence electrons. The summed E-state index contributed by atoms with van der Waals surface area (Å²) in [6.45, 7) is 1.36. The van der Waals surface area contributed by atoms with Crippen molar-refractivity contribution in [3.05, 3.63) is 88.2 Å². The fraction of sp³-hybridized carbons (Fsp3) is 0.297. The van der Waals surface area contributed by atoms with Gasteiger partial charge in [-0.15, -0.1) is 11.8 Å². The number of hydrogen-bond acceptors (Lipinski definition) is 8. The Morgan fingerprint density at radius 3 is 2.59 bits per heavy atom. The average molecular weight is 712 g/mol. The van der Waals surface area contributed by atoms with Crippen LogP contribution in [0.4, 0.5) is 4.39 Å². The van der Waals surface area contributed by atoms with Crippen LogP contribution in [0.3, 0.4) is 0 Å². The number of nitrogens with one attached hydrogen (secondary N) is 3. The summed E-state index contributed by atoms with van der Waals surface area (Å²) in [5.41, 5.74) is 5.00. The second kappa shape index (κ2) is 14.1. The Hall–Kier alpha value is -5.34. The number of aromatic amines is 1. The topological polar surface area (TPSA) is 158 Å². The highest BCUT2D eigenvalue weighted by atomic mass is 32.2. The van der Waals surface area contributed by atoms with E-state index in [1.165, 1.54) is 23.9 Å². The first kappa shape index (κ1) is 34.1. The molecule has 0 aliphatic carbocycles. The lowest BCUT2D eigenvalue weighted by molar-refractivity contribution is -0.136. The van der Waals surface area contributed by atoms with Gasteiger partial charge in [-0.1, -0.05) is 30.3 Å². The summed E-state index contributed by atoms with van der Waals surface area (Å²) in [4.78, 5) is 82.1. The second-order valence-corrected chi connectivity index (χ2v) is 13.8. The van der Waals surface area contributed by atoms with Crippen LogP contribution in [0.2, 0.25) is 0 Å². The number of imide groups is 2. The molecule has 1 aromatic heterocycles. The van der Waals surface area contributed by atoms with Gasteiger partial charge in [0.05, 0.1) is 36.3 Å². The first-order valence-corrected chi connectivity index (χ1v) is 17.6. The molecule has 3 aliphatic rings. The third-order valence-electron chi connectivity index (χ3n) is 9.34. The Kier molecular flexibility index (Phi) is 9.44. The molecule has 1 fully saturated rings. The molecular weight excluding hydrogens is 678 g/mol. The number of carbonyl (C=O) groups excluding carboxylic acids is 6. The van der Waals surface area contributed by atoms with Gasteiger partial charge in [0.1, 0.15) is 11.9 Å². The SMILES string of the molecule is CN(Cc1ccc(-c2[nH]c3cc(F)cc4c3c2CCNC4=O)cc1)C(=O)CCOCCSc1cccc2c1C(=O)N(C1CCC(=O)NC1=O)C2=O. The number of ether oxygens (including phenoxy) is 1. The van der Waals surface area contributed by atoms with Crippen LogP contribution in [0.1, 0.15) is 61.5 Å². The molecule has 12 nitrogen and oxygen atoms in total. The van der Waals surface area contributed by atoms with E-state index in [0.717, 1.165) is 32.7 Å². The second-order valence-electron chi connectivity index (χ2n) is 12.6. The molecule has 3 aromatic carbocycles. The van der Waals surface area contributed by atoms with E-state index in [-0.39, 0.29) is 48.8 Å². The maximum atomic E-state index is 14.3. The Labute approximate surface area is 296 Å². The van der Waals surface area contributed by atoms with Crippen LogP contribution in [-0.4, -0.2) is 88.8 Å². The first-order valence-electron chi connectivity index (χ1n) is 16.6. The van der Waals surface area contributed by atoms with E-state index in [9.17, 15) is 33.2 Å². The maximum Gasteiger partial charge on any atom is 0.263 e. The number of H-pyrrole nitrogens is 1. The number of carbonyl (C=O) groups is 6. The lowest BCUT2D eigenvalue weighted by atomic mass is 9.99. The molecule has 1 atom stereocenters. The van der Waals surface area contributed by atoms with E-state index in [4.69, 9.17) is 4.74 Å². The molecule has 4 heterocycles. The average Bonchev–Trinajstić information content (AvgIpc) is 3.53. The number of aromatic nitrogens is 1. The van der Waals surface area contributed by atoms with Crippen LogP contribution in [0.5, 0.6) is 0 Å². The van der Waals surface area contributed by atoms with Crippen molar-refractivity contribution < 1.29 is 37.9 Å². The van der Waals surface area contributed by atoms with Crippen LogP contribution in [-0.2, 0) is 32.1 Å². The molecule has 7 rings (SSSR count). The largest absolute Gasteiger partial charge is 0.380 e. The molecule has 0 radical (unpaired) electrons. The molecule has 4 aromatic rings. The predicted octanol–water partition coefficient (Wildman–Crippen LogP) is 3.82. The summed E-state index contributed by atoms with van der Waals surface area (Å²) in [6.07, 6.45) is 0.932. The van der Waals surface area contributed by atoms with Crippen molar-refractivity contribution in [3.8, 4) is 11.3 Å². The van der Waals surface area contributed by atoms with Gasteiger partial charge in [0.15, 0.2) is 0 Å². The fourth-order valence-electron chi connectivity index (χ4n) is 6.84. The van der Waals surface area contributed by atoms with Gasteiger partial charge in [-0.3, -0.25) is 39.0 Å². The summed E-state index contributed by atoms with van der Waals surface area (Å²) in [5, 5.41) is 5.77. The Balaban J connectivity index is 0.888.